The predicted molar refractivity (Wildman–Crippen MR) is 131 cm³/mol. The van der Waals surface area contributed by atoms with Crippen LogP contribution in [0.1, 0.15) is 24.7 Å². The molecule has 1 aromatic carbocycles. The van der Waals surface area contributed by atoms with Crippen molar-refractivity contribution < 1.29 is 9.59 Å². The summed E-state index contributed by atoms with van der Waals surface area (Å²) in [5.74, 6) is -0.729. The second kappa shape index (κ2) is 11.7. The van der Waals surface area contributed by atoms with Crippen molar-refractivity contribution >= 4 is 92.7 Å². The number of hydrogen-bond donors (Lipinski definition) is 1. The van der Waals surface area contributed by atoms with E-state index in [2.05, 4.69) is 36.9 Å². The van der Waals surface area contributed by atoms with Gasteiger partial charge in [-0.3, -0.25) is 0 Å². The molecule has 0 saturated carbocycles. The number of amides is 1. The first-order valence-corrected chi connectivity index (χ1v) is 13.0. The van der Waals surface area contributed by atoms with Crippen LogP contribution in [-0.4, -0.2) is 49.9 Å². The zero-order valence-electron chi connectivity index (χ0n) is 16.2. The van der Waals surface area contributed by atoms with Gasteiger partial charge in [0.25, 0.3) is 0 Å². The van der Waals surface area contributed by atoms with Crippen molar-refractivity contribution in [2.24, 2.45) is 10.7 Å². The van der Waals surface area contributed by atoms with Crippen LogP contribution in [0.5, 0.6) is 0 Å². The van der Waals surface area contributed by atoms with E-state index in [1.165, 1.54) is 0 Å². The van der Waals surface area contributed by atoms with Gasteiger partial charge >= 0.3 is 210 Å². The zero-order valence-corrected chi connectivity index (χ0v) is 22.6. The standard InChI is InChI=1S/C20H19Br2Cl2N3O2Se/c1-3-27(4-2)17(29)10-14(28)19(25)18(22)20(15-7-8-16(21)30-15)26-13-6-5-11(23)9-12(13)24/h5-9H,3-4,10,25H2,1-2H3. The molecule has 2 N–H and O–H groups in total. The number of hydrogen-bond acceptors (Lipinski definition) is 4. The second-order valence-corrected chi connectivity index (χ2v) is 12.0. The quantitative estimate of drug-likeness (QED) is 0.183. The predicted octanol–water partition coefficient (Wildman–Crippen LogP) is 5.33. The van der Waals surface area contributed by atoms with Crippen LogP contribution in [-0.2, 0) is 9.59 Å². The minimum absolute atomic E-state index is 0.0445. The van der Waals surface area contributed by atoms with E-state index in [9.17, 15) is 9.59 Å². The van der Waals surface area contributed by atoms with Crippen LogP contribution < -0.4 is 5.73 Å². The van der Waals surface area contributed by atoms with Gasteiger partial charge in [0.05, 0.1) is 0 Å². The monoisotopic (exact) mass is 641 g/mol. The number of Topliss-reactive ketones (excluding diaryl/α,β-unsaturated/α-hetero) is 1. The van der Waals surface area contributed by atoms with Crippen molar-refractivity contribution in [1.82, 2.24) is 4.90 Å². The van der Waals surface area contributed by atoms with Gasteiger partial charge in [-0.2, -0.15) is 0 Å². The zero-order chi connectivity index (χ0) is 22.4. The molecule has 0 radical (unpaired) electrons. The number of benzene rings is 1. The van der Waals surface area contributed by atoms with E-state index in [0.717, 1.165) is 7.78 Å². The number of halogens is 4. The molecule has 1 aromatic heterocycles. The van der Waals surface area contributed by atoms with E-state index < -0.39 is 5.78 Å². The Balaban J connectivity index is 2.48. The molecule has 1 amide bonds. The van der Waals surface area contributed by atoms with Crippen LogP contribution in [0.15, 0.2) is 48.9 Å². The molecule has 30 heavy (non-hydrogen) atoms. The van der Waals surface area contributed by atoms with Crippen LogP contribution in [0.3, 0.4) is 0 Å². The number of ketones is 1. The number of rotatable bonds is 8. The second-order valence-electron chi connectivity index (χ2n) is 6.05. The topological polar surface area (TPSA) is 75.8 Å². The van der Waals surface area contributed by atoms with E-state index in [4.69, 9.17) is 28.9 Å². The Labute approximate surface area is 208 Å². The Hall–Kier alpha value is -0.891. The fourth-order valence-electron chi connectivity index (χ4n) is 2.52. The summed E-state index contributed by atoms with van der Waals surface area (Å²) in [6.45, 7) is 4.79. The minimum atomic E-state index is -0.466. The summed E-state index contributed by atoms with van der Waals surface area (Å²) in [6, 6.07) is 8.80. The molecule has 0 atom stereocenters. The normalized spacial score (nSPS) is 12.5. The van der Waals surface area contributed by atoms with Crippen molar-refractivity contribution in [3.8, 4) is 0 Å². The van der Waals surface area contributed by atoms with Crippen molar-refractivity contribution in [1.29, 1.82) is 0 Å². The molecule has 0 aliphatic heterocycles. The van der Waals surface area contributed by atoms with Crippen molar-refractivity contribution in [3.05, 3.63) is 58.3 Å². The van der Waals surface area contributed by atoms with Gasteiger partial charge in [0.2, 0.25) is 0 Å². The van der Waals surface area contributed by atoms with Gasteiger partial charge < -0.3 is 0 Å². The van der Waals surface area contributed by atoms with Crippen molar-refractivity contribution in [3.63, 3.8) is 0 Å². The van der Waals surface area contributed by atoms with E-state index in [1.54, 1.807) is 23.1 Å². The first kappa shape index (κ1) is 25.4. The fraction of sp³-hybridized carbons (Fsp3) is 0.250. The molecule has 0 unspecified atom stereocenters. The van der Waals surface area contributed by atoms with Gasteiger partial charge in [0.15, 0.2) is 0 Å². The van der Waals surface area contributed by atoms with Crippen molar-refractivity contribution in [2.75, 3.05) is 13.1 Å². The molecule has 0 aliphatic carbocycles. The molecular weight excluding hydrogens is 624 g/mol. The van der Waals surface area contributed by atoms with Gasteiger partial charge in [-0.05, 0) is 0 Å². The Bertz CT molecular complexity index is 1020. The number of aliphatic imine (C=N–C) groups is 1. The van der Waals surface area contributed by atoms with Gasteiger partial charge in [0.1, 0.15) is 0 Å². The number of carbonyl (C=O) groups excluding carboxylic acids is 2. The third-order valence-corrected chi connectivity index (χ3v) is 8.41. The van der Waals surface area contributed by atoms with E-state index in [1.807, 2.05) is 26.0 Å². The van der Waals surface area contributed by atoms with Crippen LogP contribution in [0.2, 0.25) is 10.0 Å². The van der Waals surface area contributed by atoms with Crippen LogP contribution in [0, 0.1) is 0 Å². The van der Waals surface area contributed by atoms with Gasteiger partial charge in [-0.25, -0.2) is 0 Å². The van der Waals surface area contributed by atoms with Crippen LogP contribution in [0.25, 0.3) is 0 Å². The van der Waals surface area contributed by atoms with Gasteiger partial charge in [-0.15, -0.1) is 0 Å². The molecule has 0 aliphatic rings. The average molecular weight is 643 g/mol. The SMILES string of the molecule is CCN(CC)C(=O)CC(=O)C(N)=C(Br)C(=Nc1ccc(Cl)cc1Cl)c1ccc(Br)[se]1. The number of nitrogens with two attached hydrogens (primary N) is 1. The summed E-state index contributed by atoms with van der Waals surface area (Å²) in [5, 5.41) is 0.869. The molecule has 0 saturated heterocycles. The van der Waals surface area contributed by atoms with Crippen molar-refractivity contribution in [2.45, 2.75) is 20.3 Å². The molecule has 2 aromatic rings. The van der Waals surface area contributed by atoms with Gasteiger partial charge in [-0.1, -0.05) is 0 Å². The number of nitrogens with zero attached hydrogens (tertiary/aromatic N) is 2. The van der Waals surface area contributed by atoms with E-state index >= 15 is 0 Å². The van der Waals surface area contributed by atoms with Crippen LogP contribution in [0.4, 0.5) is 5.69 Å². The maximum absolute atomic E-state index is 12.7. The first-order valence-electron chi connectivity index (χ1n) is 8.93. The number of allylic oxidation sites excluding steroid dienone is 2. The Kier molecular flexibility index (Phi) is 9.85. The molecule has 10 heteroatoms. The molecule has 0 spiro atoms. The summed E-state index contributed by atoms with van der Waals surface area (Å²) in [4.78, 5) is 31.2. The summed E-state index contributed by atoms with van der Waals surface area (Å²) < 4.78 is 2.26. The Morgan fingerprint density at radius 2 is 1.83 bits per heavy atom. The summed E-state index contributed by atoms with van der Waals surface area (Å²) in [7, 11) is 0. The maximum atomic E-state index is 12.7. The Morgan fingerprint density at radius 3 is 2.37 bits per heavy atom. The molecule has 5 nitrogen and oxygen atoms in total. The molecule has 1 heterocycles. The average Bonchev–Trinajstić information content (AvgIpc) is 3.13. The van der Waals surface area contributed by atoms with E-state index in [-0.39, 0.29) is 32.5 Å². The Morgan fingerprint density at radius 1 is 1.17 bits per heavy atom. The first-order chi connectivity index (χ1) is 14.2. The third kappa shape index (κ3) is 6.55. The van der Waals surface area contributed by atoms with Crippen LogP contribution >= 0.6 is 55.1 Å². The fourth-order valence-corrected chi connectivity index (χ4v) is 6.35. The summed E-state index contributed by atoms with van der Waals surface area (Å²) in [5.41, 5.74) is 7.07. The molecule has 0 fully saturated rings. The molecule has 160 valence electrons. The summed E-state index contributed by atoms with van der Waals surface area (Å²) in [6.07, 6.45) is -0.302. The molecular formula is C20H19Br2Cl2N3O2Se. The number of carbonyl (C=O) groups is 2. The molecule has 0 bridgehead atoms. The van der Waals surface area contributed by atoms with Gasteiger partial charge in [0, 0.05) is 0 Å². The molecule has 2 rings (SSSR count). The van der Waals surface area contributed by atoms with E-state index in [0.29, 0.717) is 39.0 Å². The summed E-state index contributed by atoms with van der Waals surface area (Å²) >= 11 is 19.1. The third-order valence-electron chi connectivity index (χ3n) is 4.12.